The molecular formula is C15H14N2O. The first-order valence-corrected chi connectivity index (χ1v) is 6.03. The molecule has 0 saturated carbocycles. The minimum absolute atomic E-state index is 0.686. The van der Waals surface area contributed by atoms with Gasteiger partial charge in [-0.15, -0.1) is 0 Å². The number of nitrogens with zero attached hydrogens (tertiary/aromatic N) is 1. The van der Waals surface area contributed by atoms with E-state index in [9.17, 15) is 0 Å². The Morgan fingerprint density at radius 1 is 1.22 bits per heavy atom. The van der Waals surface area contributed by atoms with Gasteiger partial charge in [-0.05, 0) is 43.3 Å². The van der Waals surface area contributed by atoms with Gasteiger partial charge in [-0.1, -0.05) is 0 Å². The van der Waals surface area contributed by atoms with Crippen LogP contribution in [0, 0.1) is 0 Å². The summed E-state index contributed by atoms with van der Waals surface area (Å²) in [6.45, 7) is 2.67. The van der Waals surface area contributed by atoms with Crippen molar-refractivity contribution in [3.05, 3.63) is 48.8 Å². The quantitative estimate of drug-likeness (QED) is 0.756. The average molecular weight is 238 g/mol. The Morgan fingerprint density at radius 3 is 2.94 bits per heavy atom. The maximum atomic E-state index is 5.50. The maximum absolute atomic E-state index is 5.50. The van der Waals surface area contributed by atoms with Crippen LogP contribution in [0.4, 0.5) is 0 Å². The minimum Gasteiger partial charge on any atom is -0.494 e. The molecule has 0 spiro atoms. The highest BCUT2D eigenvalue weighted by atomic mass is 16.5. The third-order valence-corrected chi connectivity index (χ3v) is 2.88. The second kappa shape index (κ2) is 4.53. The van der Waals surface area contributed by atoms with E-state index in [0.717, 1.165) is 27.9 Å². The standard InChI is InChI=1S/C15H14N2O/c1-2-18-13-5-6-14-12(8-13)9-15(17-14)11-4-3-7-16-10-11/h3-10,17H,2H2,1H3. The van der Waals surface area contributed by atoms with E-state index in [1.165, 1.54) is 0 Å². The van der Waals surface area contributed by atoms with Crippen LogP contribution < -0.4 is 4.74 Å². The van der Waals surface area contributed by atoms with Crippen molar-refractivity contribution in [2.24, 2.45) is 0 Å². The number of rotatable bonds is 3. The SMILES string of the molecule is CCOc1ccc2[nH]c(-c3cccnc3)cc2c1. The monoisotopic (exact) mass is 238 g/mol. The molecule has 3 aromatic rings. The molecule has 3 nitrogen and oxygen atoms in total. The van der Waals surface area contributed by atoms with E-state index in [0.29, 0.717) is 6.61 Å². The third-order valence-electron chi connectivity index (χ3n) is 2.88. The zero-order valence-corrected chi connectivity index (χ0v) is 10.2. The van der Waals surface area contributed by atoms with Crippen molar-refractivity contribution in [2.75, 3.05) is 6.61 Å². The lowest BCUT2D eigenvalue weighted by atomic mass is 10.2. The molecule has 90 valence electrons. The number of ether oxygens (including phenoxy) is 1. The summed E-state index contributed by atoms with van der Waals surface area (Å²) in [7, 11) is 0. The van der Waals surface area contributed by atoms with Crippen LogP contribution in [0.15, 0.2) is 48.8 Å². The Morgan fingerprint density at radius 2 is 2.17 bits per heavy atom. The van der Waals surface area contributed by atoms with Gasteiger partial charge < -0.3 is 9.72 Å². The first-order chi connectivity index (χ1) is 8.86. The number of hydrogen-bond acceptors (Lipinski definition) is 2. The van der Waals surface area contributed by atoms with Crippen molar-refractivity contribution in [1.29, 1.82) is 0 Å². The predicted molar refractivity (Wildman–Crippen MR) is 72.7 cm³/mol. The second-order valence-electron chi connectivity index (χ2n) is 4.11. The van der Waals surface area contributed by atoms with Crippen LogP contribution in [0.5, 0.6) is 5.75 Å². The summed E-state index contributed by atoms with van der Waals surface area (Å²) >= 11 is 0. The zero-order chi connectivity index (χ0) is 12.4. The first kappa shape index (κ1) is 10.8. The second-order valence-corrected chi connectivity index (χ2v) is 4.11. The van der Waals surface area contributed by atoms with E-state index in [1.807, 2.05) is 37.4 Å². The Hall–Kier alpha value is -2.29. The van der Waals surface area contributed by atoms with Crippen molar-refractivity contribution >= 4 is 10.9 Å². The van der Waals surface area contributed by atoms with Crippen LogP contribution in [-0.4, -0.2) is 16.6 Å². The largest absolute Gasteiger partial charge is 0.494 e. The Bertz CT molecular complexity index is 659. The van der Waals surface area contributed by atoms with Crippen LogP contribution in [0.25, 0.3) is 22.2 Å². The van der Waals surface area contributed by atoms with E-state index < -0.39 is 0 Å². The molecule has 18 heavy (non-hydrogen) atoms. The normalized spacial score (nSPS) is 10.7. The number of hydrogen-bond donors (Lipinski definition) is 1. The first-order valence-electron chi connectivity index (χ1n) is 6.03. The smallest absolute Gasteiger partial charge is 0.120 e. The van der Waals surface area contributed by atoms with Crippen LogP contribution in [0.2, 0.25) is 0 Å². The lowest BCUT2D eigenvalue weighted by Crippen LogP contribution is -1.90. The van der Waals surface area contributed by atoms with Gasteiger partial charge in [0.15, 0.2) is 0 Å². The topological polar surface area (TPSA) is 37.9 Å². The predicted octanol–water partition coefficient (Wildman–Crippen LogP) is 3.63. The van der Waals surface area contributed by atoms with E-state index in [1.54, 1.807) is 6.20 Å². The number of benzene rings is 1. The lowest BCUT2D eigenvalue weighted by Gasteiger charge is -2.01. The average Bonchev–Trinajstić information content (AvgIpc) is 2.83. The van der Waals surface area contributed by atoms with Crippen LogP contribution >= 0.6 is 0 Å². The Kier molecular flexibility index (Phi) is 2.73. The molecule has 0 radical (unpaired) electrons. The lowest BCUT2D eigenvalue weighted by molar-refractivity contribution is 0.341. The van der Waals surface area contributed by atoms with Crippen molar-refractivity contribution in [3.8, 4) is 17.0 Å². The molecule has 3 heteroatoms. The van der Waals surface area contributed by atoms with E-state index in [4.69, 9.17) is 4.74 Å². The molecule has 3 rings (SSSR count). The maximum Gasteiger partial charge on any atom is 0.120 e. The summed E-state index contributed by atoms with van der Waals surface area (Å²) in [5.41, 5.74) is 3.27. The summed E-state index contributed by atoms with van der Waals surface area (Å²) in [5.74, 6) is 0.904. The number of H-pyrrole nitrogens is 1. The van der Waals surface area contributed by atoms with Gasteiger partial charge >= 0.3 is 0 Å². The molecule has 0 saturated heterocycles. The highest BCUT2D eigenvalue weighted by Crippen LogP contribution is 2.26. The van der Waals surface area contributed by atoms with Gasteiger partial charge in [0.25, 0.3) is 0 Å². The molecule has 0 aliphatic heterocycles. The number of aromatic nitrogens is 2. The molecular weight excluding hydrogens is 224 g/mol. The molecule has 0 unspecified atom stereocenters. The van der Waals surface area contributed by atoms with Gasteiger partial charge in [-0.25, -0.2) is 0 Å². The Balaban J connectivity index is 2.06. The molecule has 2 heterocycles. The molecule has 0 amide bonds. The fourth-order valence-electron chi connectivity index (χ4n) is 2.04. The summed E-state index contributed by atoms with van der Waals surface area (Å²) in [6.07, 6.45) is 3.63. The van der Waals surface area contributed by atoms with Crippen LogP contribution in [0.3, 0.4) is 0 Å². The van der Waals surface area contributed by atoms with E-state index >= 15 is 0 Å². The minimum atomic E-state index is 0.686. The van der Waals surface area contributed by atoms with Crippen LogP contribution in [0.1, 0.15) is 6.92 Å². The molecule has 2 aromatic heterocycles. The Labute approximate surface area is 105 Å². The molecule has 0 fully saturated rings. The molecule has 1 aromatic carbocycles. The van der Waals surface area contributed by atoms with Gasteiger partial charge in [-0.2, -0.15) is 0 Å². The molecule has 0 bridgehead atoms. The highest BCUT2D eigenvalue weighted by Gasteiger charge is 2.04. The number of nitrogens with one attached hydrogen (secondary N) is 1. The number of aromatic amines is 1. The summed E-state index contributed by atoms with van der Waals surface area (Å²) in [5, 5.41) is 1.15. The van der Waals surface area contributed by atoms with Gasteiger partial charge in [0, 0.05) is 34.6 Å². The molecule has 1 N–H and O–H groups in total. The fraction of sp³-hybridized carbons (Fsp3) is 0.133. The molecule has 0 atom stereocenters. The zero-order valence-electron chi connectivity index (χ0n) is 10.2. The summed E-state index contributed by atoms with van der Waals surface area (Å²) in [6, 6.07) is 12.2. The van der Waals surface area contributed by atoms with Gasteiger partial charge in [-0.3, -0.25) is 4.98 Å². The van der Waals surface area contributed by atoms with Crippen molar-refractivity contribution < 1.29 is 4.74 Å². The van der Waals surface area contributed by atoms with Gasteiger partial charge in [0.2, 0.25) is 0 Å². The summed E-state index contributed by atoms with van der Waals surface area (Å²) < 4.78 is 5.50. The van der Waals surface area contributed by atoms with Gasteiger partial charge in [0.1, 0.15) is 5.75 Å². The summed E-state index contributed by atoms with van der Waals surface area (Å²) in [4.78, 5) is 7.52. The fourth-order valence-corrected chi connectivity index (χ4v) is 2.04. The van der Waals surface area contributed by atoms with Crippen molar-refractivity contribution in [3.63, 3.8) is 0 Å². The van der Waals surface area contributed by atoms with E-state index in [2.05, 4.69) is 22.1 Å². The third kappa shape index (κ3) is 1.95. The van der Waals surface area contributed by atoms with Crippen LogP contribution in [-0.2, 0) is 0 Å². The van der Waals surface area contributed by atoms with Crippen molar-refractivity contribution in [1.82, 2.24) is 9.97 Å². The van der Waals surface area contributed by atoms with E-state index in [-0.39, 0.29) is 0 Å². The number of fused-ring (bicyclic) bond motifs is 1. The van der Waals surface area contributed by atoms with Gasteiger partial charge in [0.05, 0.1) is 6.61 Å². The molecule has 0 aliphatic rings. The number of pyridine rings is 1. The highest BCUT2D eigenvalue weighted by molar-refractivity contribution is 5.86. The molecule has 0 aliphatic carbocycles. The van der Waals surface area contributed by atoms with Crippen molar-refractivity contribution in [2.45, 2.75) is 6.92 Å².